The van der Waals surface area contributed by atoms with Crippen molar-refractivity contribution in [2.75, 3.05) is 0 Å². The molecule has 0 fully saturated rings. The quantitative estimate of drug-likeness (QED) is 0.674. The number of halogens is 2. The van der Waals surface area contributed by atoms with E-state index in [2.05, 4.69) is 4.98 Å². The molecule has 0 N–H and O–H groups in total. The first-order valence-electron chi connectivity index (χ1n) is 6.39. The maximum absolute atomic E-state index is 13.8. The van der Waals surface area contributed by atoms with Crippen molar-refractivity contribution in [3.63, 3.8) is 0 Å². The molecule has 0 saturated carbocycles. The number of pyridine rings is 1. The normalized spacial score (nSPS) is 11.5. The first-order chi connectivity index (χ1) is 10.1. The summed E-state index contributed by atoms with van der Waals surface area (Å²) in [5.74, 6) is -3.50. The third-order valence-electron chi connectivity index (χ3n) is 3.39. The summed E-state index contributed by atoms with van der Waals surface area (Å²) < 4.78 is 27.5. The summed E-state index contributed by atoms with van der Waals surface area (Å²) in [5, 5.41) is 1.84. The predicted molar refractivity (Wildman–Crippen MR) is 77.1 cm³/mol. The van der Waals surface area contributed by atoms with Crippen LogP contribution in [0.4, 0.5) is 8.78 Å². The Labute approximate surface area is 120 Å². The number of hydrogen-bond acceptors (Lipinski definition) is 2. The van der Waals surface area contributed by atoms with Crippen LogP contribution in [0.2, 0.25) is 0 Å². The number of carbonyl (C=O) groups is 1. The van der Waals surface area contributed by atoms with Gasteiger partial charge in [-0.3, -0.25) is 9.78 Å². The van der Waals surface area contributed by atoms with Crippen molar-refractivity contribution in [2.45, 2.75) is 5.92 Å². The number of fused-ring (bicyclic) bond motifs is 1. The van der Waals surface area contributed by atoms with Crippen LogP contribution in [0, 0.1) is 0 Å². The van der Waals surface area contributed by atoms with Crippen LogP contribution in [-0.2, 0) is 10.7 Å². The topological polar surface area (TPSA) is 30.0 Å². The summed E-state index contributed by atoms with van der Waals surface area (Å²) in [6, 6.07) is 13.3. The number of nitrogens with zero attached hydrogens (tertiary/aromatic N) is 1. The molecule has 0 atom stereocenters. The van der Waals surface area contributed by atoms with Gasteiger partial charge >= 0.3 is 5.92 Å². The van der Waals surface area contributed by atoms with E-state index in [1.807, 2.05) is 12.1 Å². The second kappa shape index (κ2) is 5.05. The number of aromatic nitrogens is 1. The van der Waals surface area contributed by atoms with Crippen molar-refractivity contribution >= 4 is 17.1 Å². The lowest BCUT2D eigenvalue weighted by atomic mass is 9.95. The van der Waals surface area contributed by atoms with Crippen LogP contribution in [0.15, 0.2) is 60.9 Å². The van der Waals surface area contributed by atoms with E-state index in [1.54, 1.807) is 36.7 Å². The van der Waals surface area contributed by atoms with Gasteiger partial charge in [0.25, 0.3) is 0 Å². The van der Waals surface area contributed by atoms with E-state index in [0.29, 0.717) is 11.1 Å². The minimum absolute atomic E-state index is 0.289. The van der Waals surface area contributed by atoms with Crippen LogP contribution >= 0.6 is 0 Å². The Kier molecular flexibility index (Phi) is 3.22. The van der Waals surface area contributed by atoms with Crippen LogP contribution in [0.3, 0.4) is 0 Å². The molecule has 0 bridgehead atoms. The van der Waals surface area contributed by atoms with E-state index >= 15 is 0 Å². The summed E-state index contributed by atoms with van der Waals surface area (Å²) in [6.07, 6.45) is 3.03. The molecule has 1 heterocycles. The zero-order valence-corrected chi connectivity index (χ0v) is 11.0. The third kappa shape index (κ3) is 2.40. The fourth-order valence-electron chi connectivity index (χ4n) is 2.34. The summed E-state index contributed by atoms with van der Waals surface area (Å²) in [4.78, 5) is 14.7. The summed E-state index contributed by atoms with van der Waals surface area (Å²) in [7, 11) is 0. The Bertz CT molecular complexity index is 815. The number of hydrogen-bond donors (Lipinski definition) is 0. The molecule has 21 heavy (non-hydrogen) atoms. The molecule has 0 aliphatic heterocycles. The number of aldehydes is 1. The molecule has 0 radical (unpaired) electrons. The highest BCUT2D eigenvalue weighted by Gasteiger charge is 2.33. The number of rotatable bonds is 3. The summed E-state index contributed by atoms with van der Waals surface area (Å²) in [6.45, 7) is 0. The van der Waals surface area contributed by atoms with Gasteiger partial charge in [0.2, 0.25) is 0 Å². The van der Waals surface area contributed by atoms with Gasteiger partial charge in [-0.05, 0) is 28.6 Å². The maximum atomic E-state index is 13.8. The molecule has 3 rings (SSSR count). The van der Waals surface area contributed by atoms with E-state index in [-0.39, 0.29) is 11.8 Å². The second-order valence-corrected chi connectivity index (χ2v) is 4.72. The third-order valence-corrected chi connectivity index (χ3v) is 3.39. The Morgan fingerprint density at radius 1 is 1.00 bits per heavy atom. The molecule has 2 aromatic carbocycles. The second-order valence-electron chi connectivity index (χ2n) is 4.72. The first-order valence-corrected chi connectivity index (χ1v) is 6.39. The average Bonchev–Trinajstić information content (AvgIpc) is 2.54. The van der Waals surface area contributed by atoms with E-state index in [4.69, 9.17) is 0 Å². The molecule has 0 saturated heterocycles. The highest BCUT2D eigenvalue weighted by molar-refractivity contribution is 5.87. The lowest BCUT2D eigenvalue weighted by Gasteiger charge is -2.15. The molecule has 0 unspecified atom stereocenters. The van der Waals surface area contributed by atoms with E-state index in [0.717, 1.165) is 10.8 Å². The molecular weight excluding hydrogens is 272 g/mol. The number of benzene rings is 2. The SMILES string of the molecule is O=CC(F)(F)c1ccccc1-c1ccc2ccncc2c1. The highest BCUT2D eigenvalue weighted by atomic mass is 19.3. The fourth-order valence-corrected chi connectivity index (χ4v) is 2.34. The van der Waals surface area contributed by atoms with E-state index < -0.39 is 5.92 Å². The minimum atomic E-state index is -3.50. The maximum Gasteiger partial charge on any atom is 0.328 e. The van der Waals surface area contributed by atoms with Crippen LogP contribution in [0.5, 0.6) is 0 Å². The predicted octanol–water partition coefficient (Wildman–Crippen LogP) is 4.19. The van der Waals surface area contributed by atoms with Gasteiger partial charge in [-0.15, -0.1) is 0 Å². The highest BCUT2D eigenvalue weighted by Crippen LogP contribution is 2.35. The van der Waals surface area contributed by atoms with E-state index in [9.17, 15) is 13.6 Å². The Hall–Kier alpha value is -2.62. The Morgan fingerprint density at radius 2 is 1.81 bits per heavy atom. The van der Waals surface area contributed by atoms with Gasteiger partial charge in [-0.25, -0.2) is 0 Å². The molecule has 1 aromatic heterocycles. The summed E-state index contributed by atoms with van der Waals surface area (Å²) >= 11 is 0. The van der Waals surface area contributed by atoms with Crippen LogP contribution in [0.25, 0.3) is 21.9 Å². The van der Waals surface area contributed by atoms with Crippen molar-refractivity contribution in [3.8, 4) is 11.1 Å². The van der Waals surface area contributed by atoms with Crippen LogP contribution < -0.4 is 0 Å². The van der Waals surface area contributed by atoms with Gasteiger partial charge in [0.1, 0.15) is 0 Å². The molecule has 0 aliphatic carbocycles. The molecule has 104 valence electrons. The van der Waals surface area contributed by atoms with Crippen molar-refractivity contribution in [1.82, 2.24) is 4.98 Å². The standard InChI is InChI=1S/C17H11F2NO/c18-17(19,11-21)16-4-2-1-3-15(16)13-6-5-12-7-8-20-10-14(12)9-13/h1-11H. The van der Waals surface area contributed by atoms with Gasteiger partial charge in [0, 0.05) is 23.3 Å². The first kappa shape index (κ1) is 13.4. The van der Waals surface area contributed by atoms with Crippen molar-refractivity contribution < 1.29 is 13.6 Å². The molecular formula is C17H11F2NO. The van der Waals surface area contributed by atoms with Gasteiger partial charge < -0.3 is 0 Å². The lowest BCUT2D eigenvalue weighted by molar-refractivity contribution is -0.130. The van der Waals surface area contributed by atoms with E-state index in [1.165, 1.54) is 12.1 Å². The molecule has 0 spiro atoms. The van der Waals surface area contributed by atoms with Crippen molar-refractivity contribution in [1.29, 1.82) is 0 Å². The molecule has 4 heteroatoms. The zero-order chi connectivity index (χ0) is 14.9. The van der Waals surface area contributed by atoms with Gasteiger partial charge in [0.05, 0.1) is 0 Å². The monoisotopic (exact) mass is 283 g/mol. The largest absolute Gasteiger partial charge is 0.328 e. The number of carbonyl (C=O) groups excluding carboxylic acids is 1. The Morgan fingerprint density at radius 3 is 2.62 bits per heavy atom. The minimum Gasteiger partial charge on any atom is -0.296 e. The fraction of sp³-hybridized carbons (Fsp3) is 0.0588. The van der Waals surface area contributed by atoms with Gasteiger partial charge in [0.15, 0.2) is 6.29 Å². The van der Waals surface area contributed by atoms with Crippen molar-refractivity contribution in [3.05, 3.63) is 66.5 Å². The Balaban J connectivity index is 2.21. The van der Waals surface area contributed by atoms with Gasteiger partial charge in [-0.2, -0.15) is 8.78 Å². The zero-order valence-electron chi connectivity index (χ0n) is 11.0. The van der Waals surface area contributed by atoms with Crippen molar-refractivity contribution in [2.24, 2.45) is 0 Å². The van der Waals surface area contributed by atoms with Crippen LogP contribution in [0.1, 0.15) is 5.56 Å². The average molecular weight is 283 g/mol. The van der Waals surface area contributed by atoms with Gasteiger partial charge in [-0.1, -0.05) is 36.4 Å². The summed E-state index contributed by atoms with van der Waals surface area (Å²) in [5.41, 5.74) is 0.691. The lowest BCUT2D eigenvalue weighted by Crippen LogP contribution is -2.16. The smallest absolute Gasteiger partial charge is 0.296 e. The number of alkyl halides is 2. The molecule has 3 aromatic rings. The van der Waals surface area contributed by atoms with Crippen LogP contribution in [-0.4, -0.2) is 11.3 Å². The molecule has 2 nitrogen and oxygen atoms in total. The molecule has 0 aliphatic rings. The molecule has 0 amide bonds.